The molecule has 190 valence electrons. The summed E-state index contributed by atoms with van der Waals surface area (Å²) in [5.41, 5.74) is 3.11. The first-order valence-electron chi connectivity index (χ1n) is 12.7. The first-order chi connectivity index (χ1) is 16.9. The van der Waals surface area contributed by atoms with E-state index >= 15 is 0 Å². The van der Waals surface area contributed by atoms with E-state index in [0.29, 0.717) is 23.4 Å². The molecule has 1 aromatic carbocycles. The Morgan fingerprint density at radius 2 is 1.94 bits per heavy atom. The van der Waals surface area contributed by atoms with Gasteiger partial charge in [0.25, 0.3) is 5.56 Å². The van der Waals surface area contributed by atoms with Crippen LogP contribution in [-0.2, 0) is 34.7 Å². The van der Waals surface area contributed by atoms with Crippen LogP contribution in [0.5, 0.6) is 5.75 Å². The second-order valence-corrected chi connectivity index (χ2v) is 17.0. The Morgan fingerprint density at radius 1 is 1.19 bits per heavy atom. The van der Waals surface area contributed by atoms with Gasteiger partial charge in [-0.05, 0) is 56.5 Å². The number of carbonyl (C=O) groups excluding carboxylic acids is 1. The number of cyclic esters (lactones) is 1. The van der Waals surface area contributed by atoms with Crippen molar-refractivity contribution in [3.05, 3.63) is 56.9 Å². The number of pyridine rings is 2. The number of aryl methyl sites for hydroxylation is 1. The monoisotopic (exact) mass is 506 g/mol. The zero-order valence-electron chi connectivity index (χ0n) is 21.9. The molecular formula is C28H34N2O5Si. The van der Waals surface area contributed by atoms with Crippen molar-refractivity contribution in [1.82, 2.24) is 9.55 Å². The Labute approximate surface area is 212 Å². The van der Waals surface area contributed by atoms with E-state index in [9.17, 15) is 14.7 Å². The van der Waals surface area contributed by atoms with Crippen molar-refractivity contribution < 1.29 is 19.4 Å². The molecule has 7 nitrogen and oxygen atoms in total. The zero-order chi connectivity index (χ0) is 26.0. The minimum Gasteiger partial charge on any atom is -0.491 e. The Kier molecular flexibility index (Phi) is 5.87. The maximum atomic E-state index is 13.6. The van der Waals surface area contributed by atoms with Gasteiger partial charge in [-0.2, -0.15) is 0 Å². The van der Waals surface area contributed by atoms with Crippen molar-refractivity contribution in [3.8, 4) is 17.1 Å². The molecule has 0 unspecified atom stereocenters. The van der Waals surface area contributed by atoms with E-state index in [4.69, 9.17) is 14.5 Å². The van der Waals surface area contributed by atoms with Crippen molar-refractivity contribution in [2.24, 2.45) is 0 Å². The zero-order valence-corrected chi connectivity index (χ0v) is 22.9. The van der Waals surface area contributed by atoms with Crippen molar-refractivity contribution in [2.45, 2.75) is 84.2 Å². The van der Waals surface area contributed by atoms with Gasteiger partial charge >= 0.3 is 5.97 Å². The van der Waals surface area contributed by atoms with Crippen LogP contribution >= 0.6 is 0 Å². The third-order valence-electron chi connectivity index (χ3n) is 7.27. The SMILES string of the molecule is CC[C@@]1(O)C(=O)OCc2c1cc1n(c2=O)Cc2c-1nc1ccc(OC(C)C)cc1c2CC[Si](C)(C)C. The minimum absolute atomic E-state index is 0.0617. The molecule has 0 saturated carbocycles. The summed E-state index contributed by atoms with van der Waals surface area (Å²) >= 11 is 0. The molecule has 2 aromatic heterocycles. The molecule has 8 heteroatoms. The van der Waals surface area contributed by atoms with Crippen molar-refractivity contribution in [2.75, 3.05) is 0 Å². The van der Waals surface area contributed by atoms with E-state index in [2.05, 4.69) is 25.7 Å². The molecule has 3 aromatic rings. The van der Waals surface area contributed by atoms with Gasteiger partial charge in [0.1, 0.15) is 12.4 Å². The molecule has 0 bridgehead atoms. The number of hydrogen-bond acceptors (Lipinski definition) is 6. The molecule has 5 rings (SSSR count). The summed E-state index contributed by atoms with van der Waals surface area (Å²) in [5.74, 6) is 0.0976. The maximum absolute atomic E-state index is 13.6. The van der Waals surface area contributed by atoms with Crippen LogP contribution < -0.4 is 10.3 Å². The molecule has 0 fully saturated rings. The summed E-state index contributed by atoms with van der Waals surface area (Å²) in [6.45, 7) is 13.1. The summed E-state index contributed by atoms with van der Waals surface area (Å²) < 4.78 is 12.9. The van der Waals surface area contributed by atoms with Crippen LogP contribution in [0.3, 0.4) is 0 Å². The number of rotatable bonds is 6. The van der Waals surface area contributed by atoms with Gasteiger partial charge in [0.05, 0.1) is 35.1 Å². The van der Waals surface area contributed by atoms with Crippen LogP contribution in [0.1, 0.15) is 49.4 Å². The number of esters is 1. The molecule has 0 spiro atoms. The Balaban J connectivity index is 1.75. The number of benzene rings is 1. The number of aromatic nitrogens is 2. The molecule has 2 aliphatic rings. The van der Waals surface area contributed by atoms with E-state index in [0.717, 1.165) is 40.4 Å². The molecule has 4 heterocycles. The van der Waals surface area contributed by atoms with Gasteiger partial charge in [0, 0.05) is 24.6 Å². The number of aliphatic hydroxyl groups is 1. The highest BCUT2D eigenvalue weighted by atomic mass is 28.3. The van der Waals surface area contributed by atoms with Crippen LogP contribution in [0.15, 0.2) is 29.1 Å². The van der Waals surface area contributed by atoms with E-state index in [1.807, 2.05) is 26.0 Å². The quantitative estimate of drug-likeness (QED) is 0.300. The number of nitrogens with zero attached hydrogens (tertiary/aromatic N) is 2. The van der Waals surface area contributed by atoms with Gasteiger partial charge in [-0.3, -0.25) is 4.79 Å². The van der Waals surface area contributed by atoms with Crippen molar-refractivity contribution >= 4 is 24.9 Å². The largest absolute Gasteiger partial charge is 0.491 e. The fourth-order valence-electron chi connectivity index (χ4n) is 5.27. The first kappa shape index (κ1) is 24.7. The number of fused-ring (bicyclic) bond motifs is 5. The summed E-state index contributed by atoms with van der Waals surface area (Å²) in [6.07, 6.45) is 1.08. The highest BCUT2D eigenvalue weighted by Gasteiger charge is 2.45. The topological polar surface area (TPSA) is 90.7 Å². The predicted octanol–water partition coefficient (Wildman–Crippen LogP) is 4.75. The molecular weight excluding hydrogens is 472 g/mol. The van der Waals surface area contributed by atoms with Crippen LogP contribution in [0.2, 0.25) is 25.7 Å². The molecule has 0 saturated heterocycles. The van der Waals surface area contributed by atoms with E-state index in [-0.39, 0.29) is 24.7 Å². The van der Waals surface area contributed by atoms with E-state index < -0.39 is 19.6 Å². The lowest BCUT2D eigenvalue weighted by atomic mass is 9.86. The summed E-state index contributed by atoms with van der Waals surface area (Å²) in [4.78, 5) is 31.1. The average molecular weight is 507 g/mol. The smallest absolute Gasteiger partial charge is 0.343 e. The third-order valence-corrected chi connectivity index (χ3v) is 9.02. The van der Waals surface area contributed by atoms with E-state index in [1.165, 1.54) is 5.56 Å². The summed E-state index contributed by atoms with van der Waals surface area (Å²) in [5, 5.41) is 12.2. The molecule has 1 atom stereocenters. The number of hydrogen-bond donors (Lipinski definition) is 1. The van der Waals surface area contributed by atoms with Crippen LogP contribution in [0, 0.1) is 0 Å². The Bertz CT molecular complexity index is 1450. The van der Waals surface area contributed by atoms with Crippen molar-refractivity contribution in [3.63, 3.8) is 0 Å². The average Bonchev–Trinajstić information content (AvgIpc) is 3.17. The van der Waals surface area contributed by atoms with Gasteiger partial charge in [-0.25, -0.2) is 9.78 Å². The second-order valence-electron chi connectivity index (χ2n) is 11.4. The van der Waals surface area contributed by atoms with Gasteiger partial charge in [-0.1, -0.05) is 32.6 Å². The standard InChI is InChI=1S/C28H34N2O5Si/c1-7-28(33)22-13-24-25-20(14-30(24)26(31)21(22)15-34-27(28)32)18(10-11-36(4,5)6)19-12-17(35-16(2)3)8-9-23(19)29-25/h8-9,12-13,16,33H,7,10-11,14-15H2,1-6H3/t28-/m0/s1. The fourth-order valence-corrected chi connectivity index (χ4v) is 6.27. The normalized spacial score (nSPS) is 18.7. The molecule has 0 amide bonds. The van der Waals surface area contributed by atoms with Gasteiger partial charge in [-0.15, -0.1) is 0 Å². The summed E-state index contributed by atoms with van der Waals surface area (Å²) in [6, 6.07) is 8.87. The minimum atomic E-state index is -1.83. The molecule has 1 N–H and O–H groups in total. The van der Waals surface area contributed by atoms with Crippen LogP contribution in [0.25, 0.3) is 22.3 Å². The number of ether oxygens (including phenoxy) is 2. The molecule has 0 radical (unpaired) electrons. The third kappa shape index (κ3) is 3.96. The van der Waals surface area contributed by atoms with Gasteiger partial charge in [0.15, 0.2) is 5.60 Å². The second kappa shape index (κ2) is 8.56. The van der Waals surface area contributed by atoms with Gasteiger partial charge in [0.2, 0.25) is 0 Å². The van der Waals surface area contributed by atoms with Gasteiger partial charge < -0.3 is 19.1 Å². The van der Waals surface area contributed by atoms with Crippen LogP contribution in [0.4, 0.5) is 0 Å². The summed E-state index contributed by atoms with van der Waals surface area (Å²) in [7, 11) is -1.35. The lowest BCUT2D eigenvalue weighted by Crippen LogP contribution is -2.44. The van der Waals surface area contributed by atoms with Crippen LogP contribution in [-0.4, -0.2) is 34.8 Å². The number of carbonyl (C=O) groups is 1. The predicted molar refractivity (Wildman–Crippen MR) is 142 cm³/mol. The van der Waals surface area contributed by atoms with Crippen molar-refractivity contribution in [1.29, 1.82) is 0 Å². The lowest BCUT2D eigenvalue weighted by Gasteiger charge is -2.31. The highest BCUT2D eigenvalue weighted by molar-refractivity contribution is 6.76. The maximum Gasteiger partial charge on any atom is 0.343 e. The lowest BCUT2D eigenvalue weighted by molar-refractivity contribution is -0.172. The van der Waals surface area contributed by atoms with E-state index in [1.54, 1.807) is 17.6 Å². The first-order valence-corrected chi connectivity index (χ1v) is 16.4. The highest BCUT2D eigenvalue weighted by Crippen LogP contribution is 2.41. The fraction of sp³-hybridized carbons (Fsp3) is 0.464. The molecule has 36 heavy (non-hydrogen) atoms. The molecule has 2 aliphatic heterocycles. The Hall–Kier alpha value is -2.97. The Morgan fingerprint density at radius 3 is 2.61 bits per heavy atom. The molecule has 0 aliphatic carbocycles.